The number of carbonyl (C=O) groups is 1. The molecule has 0 aromatic carbocycles. The van der Waals surface area contributed by atoms with Gasteiger partial charge in [0, 0.05) is 18.5 Å². The first-order valence-corrected chi connectivity index (χ1v) is 7.03. The maximum atomic E-state index is 12.1. The molecule has 1 amide bonds. The highest BCUT2D eigenvalue weighted by atomic mass is 32.1. The van der Waals surface area contributed by atoms with E-state index in [4.69, 9.17) is 9.47 Å². The molecular weight excluding hydrogens is 250 g/mol. The van der Waals surface area contributed by atoms with Crippen molar-refractivity contribution in [1.29, 1.82) is 0 Å². The van der Waals surface area contributed by atoms with Crippen molar-refractivity contribution in [1.82, 2.24) is 4.90 Å². The van der Waals surface area contributed by atoms with Crippen LogP contribution in [0.25, 0.3) is 0 Å². The normalized spacial score (nSPS) is 24.9. The minimum Gasteiger partial charge on any atom is -0.350 e. The van der Waals surface area contributed by atoms with Crippen molar-refractivity contribution in [2.45, 2.75) is 19.6 Å². The fourth-order valence-electron chi connectivity index (χ4n) is 2.40. The van der Waals surface area contributed by atoms with Crippen LogP contribution in [-0.4, -0.2) is 42.9 Å². The van der Waals surface area contributed by atoms with Gasteiger partial charge in [0.25, 0.3) is 5.91 Å². The van der Waals surface area contributed by atoms with Gasteiger partial charge in [-0.15, -0.1) is 0 Å². The van der Waals surface area contributed by atoms with Gasteiger partial charge in [-0.25, -0.2) is 0 Å². The van der Waals surface area contributed by atoms with Crippen molar-refractivity contribution in [3.8, 4) is 0 Å². The molecule has 1 spiro atoms. The Balaban J connectivity index is 1.59. The standard InChI is InChI=1S/C13H17NO3S/c1-12(2)16-8-13(9-17-12)6-14(7-13)11(15)10-3-4-18-5-10/h3-5H,6-9H2,1-2H3. The SMILES string of the molecule is CC1(C)OCC2(CO1)CN(C(=O)c1ccsc1)C2. The molecule has 0 unspecified atom stereocenters. The lowest BCUT2D eigenvalue weighted by Gasteiger charge is -2.53. The van der Waals surface area contributed by atoms with Crippen molar-refractivity contribution in [2.75, 3.05) is 26.3 Å². The van der Waals surface area contributed by atoms with E-state index < -0.39 is 5.79 Å². The summed E-state index contributed by atoms with van der Waals surface area (Å²) in [6.07, 6.45) is 0. The minimum absolute atomic E-state index is 0.0151. The molecular formula is C13H17NO3S. The van der Waals surface area contributed by atoms with Gasteiger partial charge in [-0.05, 0) is 25.3 Å². The second-order valence-corrected chi connectivity index (χ2v) is 6.43. The lowest BCUT2D eigenvalue weighted by atomic mass is 9.80. The number of nitrogens with zero attached hydrogens (tertiary/aromatic N) is 1. The van der Waals surface area contributed by atoms with Crippen LogP contribution < -0.4 is 0 Å². The van der Waals surface area contributed by atoms with Gasteiger partial charge in [-0.3, -0.25) is 4.79 Å². The Kier molecular flexibility index (Phi) is 2.73. The van der Waals surface area contributed by atoms with Gasteiger partial charge in [-0.2, -0.15) is 11.3 Å². The maximum Gasteiger partial charge on any atom is 0.254 e. The zero-order valence-corrected chi connectivity index (χ0v) is 11.5. The van der Waals surface area contributed by atoms with Crippen molar-refractivity contribution >= 4 is 17.2 Å². The Labute approximate surface area is 110 Å². The predicted octanol–water partition coefficient (Wildman–Crippen LogP) is 1.97. The van der Waals surface area contributed by atoms with E-state index in [0.29, 0.717) is 13.2 Å². The molecule has 0 N–H and O–H groups in total. The average Bonchev–Trinajstić information content (AvgIpc) is 2.79. The van der Waals surface area contributed by atoms with E-state index >= 15 is 0 Å². The molecule has 4 nitrogen and oxygen atoms in total. The molecule has 98 valence electrons. The number of ether oxygens (including phenoxy) is 2. The molecule has 3 rings (SSSR count). The zero-order valence-electron chi connectivity index (χ0n) is 10.6. The summed E-state index contributed by atoms with van der Waals surface area (Å²) in [6, 6.07) is 1.87. The van der Waals surface area contributed by atoms with E-state index in [1.165, 1.54) is 0 Å². The monoisotopic (exact) mass is 267 g/mol. The second-order valence-electron chi connectivity index (χ2n) is 5.65. The third-order valence-corrected chi connectivity index (χ3v) is 4.24. The summed E-state index contributed by atoms with van der Waals surface area (Å²) >= 11 is 1.55. The van der Waals surface area contributed by atoms with Gasteiger partial charge in [0.15, 0.2) is 5.79 Å². The molecule has 2 saturated heterocycles. The zero-order chi connectivity index (χ0) is 12.8. The largest absolute Gasteiger partial charge is 0.350 e. The third kappa shape index (κ3) is 2.06. The molecule has 5 heteroatoms. The molecule has 2 aliphatic heterocycles. The summed E-state index contributed by atoms with van der Waals surface area (Å²) in [4.78, 5) is 14.0. The van der Waals surface area contributed by atoms with Gasteiger partial charge in [0.1, 0.15) is 0 Å². The molecule has 18 heavy (non-hydrogen) atoms. The molecule has 0 atom stereocenters. The highest BCUT2D eigenvalue weighted by Crippen LogP contribution is 2.38. The summed E-state index contributed by atoms with van der Waals surface area (Å²) in [5.74, 6) is -0.366. The van der Waals surface area contributed by atoms with Crippen LogP contribution in [0.2, 0.25) is 0 Å². The van der Waals surface area contributed by atoms with Crippen LogP contribution >= 0.6 is 11.3 Å². The lowest BCUT2D eigenvalue weighted by molar-refractivity contribution is -0.301. The van der Waals surface area contributed by atoms with Crippen molar-refractivity contribution in [3.05, 3.63) is 22.4 Å². The quantitative estimate of drug-likeness (QED) is 0.781. The molecule has 2 aliphatic rings. The van der Waals surface area contributed by atoms with Crippen LogP contribution in [0.3, 0.4) is 0 Å². The summed E-state index contributed by atoms with van der Waals surface area (Å²) in [5.41, 5.74) is 0.800. The van der Waals surface area contributed by atoms with E-state index in [0.717, 1.165) is 18.7 Å². The van der Waals surface area contributed by atoms with Crippen molar-refractivity contribution < 1.29 is 14.3 Å². The Bertz CT molecular complexity index is 437. The summed E-state index contributed by atoms with van der Waals surface area (Å²) in [7, 11) is 0. The van der Waals surface area contributed by atoms with Crippen LogP contribution in [0, 0.1) is 5.41 Å². The number of hydrogen-bond acceptors (Lipinski definition) is 4. The number of carbonyl (C=O) groups excluding carboxylic acids is 1. The van der Waals surface area contributed by atoms with Gasteiger partial charge < -0.3 is 14.4 Å². The first kappa shape index (κ1) is 12.1. The van der Waals surface area contributed by atoms with Crippen LogP contribution in [0.15, 0.2) is 16.8 Å². The van der Waals surface area contributed by atoms with E-state index in [2.05, 4.69) is 0 Å². The minimum atomic E-state index is -0.483. The van der Waals surface area contributed by atoms with Crippen LogP contribution in [0.1, 0.15) is 24.2 Å². The number of amides is 1. The summed E-state index contributed by atoms with van der Waals surface area (Å²) in [6.45, 7) is 6.66. The third-order valence-electron chi connectivity index (χ3n) is 3.56. The number of rotatable bonds is 1. The van der Waals surface area contributed by atoms with Gasteiger partial charge in [0.2, 0.25) is 0 Å². The molecule has 1 aromatic heterocycles. The molecule has 3 heterocycles. The van der Waals surface area contributed by atoms with Crippen LogP contribution in [0.4, 0.5) is 0 Å². The highest BCUT2D eigenvalue weighted by molar-refractivity contribution is 7.08. The summed E-state index contributed by atoms with van der Waals surface area (Å²) in [5, 5.41) is 3.82. The fraction of sp³-hybridized carbons (Fsp3) is 0.615. The first-order valence-electron chi connectivity index (χ1n) is 6.09. The number of hydrogen-bond donors (Lipinski definition) is 0. The molecule has 1 aromatic rings. The first-order chi connectivity index (χ1) is 8.50. The topological polar surface area (TPSA) is 38.8 Å². The van der Waals surface area contributed by atoms with E-state index in [9.17, 15) is 4.79 Å². The van der Waals surface area contributed by atoms with Gasteiger partial charge in [-0.1, -0.05) is 0 Å². The molecule has 0 aliphatic carbocycles. The Morgan fingerprint density at radius 2 is 2.00 bits per heavy atom. The molecule has 0 bridgehead atoms. The van der Waals surface area contributed by atoms with Crippen molar-refractivity contribution in [3.63, 3.8) is 0 Å². The predicted molar refractivity (Wildman–Crippen MR) is 68.6 cm³/mol. The summed E-state index contributed by atoms with van der Waals surface area (Å²) < 4.78 is 11.4. The van der Waals surface area contributed by atoms with Gasteiger partial charge in [0.05, 0.1) is 24.2 Å². The fourth-order valence-corrected chi connectivity index (χ4v) is 3.03. The van der Waals surface area contributed by atoms with Crippen LogP contribution in [-0.2, 0) is 9.47 Å². The van der Waals surface area contributed by atoms with E-state index in [1.807, 2.05) is 35.6 Å². The van der Waals surface area contributed by atoms with E-state index in [1.54, 1.807) is 11.3 Å². The molecule has 0 radical (unpaired) electrons. The second kappa shape index (κ2) is 4.05. The highest BCUT2D eigenvalue weighted by Gasteiger charge is 2.50. The smallest absolute Gasteiger partial charge is 0.254 e. The molecule has 2 fully saturated rings. The van der Waals surface area contributed by atoms with E-state index in [-0.39, 0.29) is 11.3 Å². The Morgan fingerprint density at radius 1 is 1.33 bits per heavy atom. The van der Waals surface area contributed by atoms with Gasteiger partial charge >= 0.3 is 0 Å². The lowest BCUT2D eigenvalue weighted by Crippen LogP contribution is -2.65. The number of thiophene rings is 1. The molecule has 0 saturated carbocycles. The Morgan fingerprint density at radius 3 is 2.56 bits per heavy atom. The number of likely N-dealkylation sites (tertiary alicyclic amines) is 1. The maximum absolute atomic E-state index is 12.1. The van der Waals surface area contributed by atoms with Crippen molar-refractivity contribution in [2.24, 2.45) is 5.41 Å². The van der Waals surface area contributed by atoms with Crippen LogP contribution in [0.5, 0.6) is 0 Å². The Hall–Kier alpha value is -0.910. The average molecular weight is 267 g/mol.